The van der Waals surface area contributed by atoms with Gasteiger partial charge in [-0.2, -0.15) is 0 Å². The molecule has 2 nitrogen and oxygen atoms in total. The lowest BCUT2D eigenvalue weighted by atomic mass is 10.1. The standard InChI is InChI=1S/C16H12N2/c1-2-5-13(6-3-1)9-10-14-7-4-8-16-15(14)11-17-12-18-16/h1-12H/b10-9+. The Morgan fingerprint density at radius 3 is 2.61 bits per heavy atom. The van der Waals surface area contributed by atoms with Crippen molar-refractivity contribution in [1.82, 2.24) is 9.97 Å². The first-order valence-electron chi connectivity index (χ1n) is 5.85. The minimum absolute atomic E-state index is 0.972. The van der Waals surface area contributed by atoms with E-state index < -0.39 is 0 Å². The first-order chi connectivity index (χ1) is 8.93. The van der Waals surface area contributed by atoms with Crippen LogP contribution >= 0.6 is 0 Å². The van der Waals surface area contributed by atoms with Gasteiger partial charge in [0.2, 0.25) is 0 Å². The number of hydrogen-bond donors (Lipinski definition) is 0. The van der Waals surface area contributed by atoms with E-state index in [9.17, 15) is 0 Å². The predicted octanol–water partition coefficient (Wildman–Crippen LogP) is 3.80. The fraction of sp³-hybridized carbons (Fsp3) is 0. The normalized spacial score (nSPS) is 11.1. The third-order valence-corrected chi connectivity index (χ3v) is 2.84. The molecule has 1 aromatic heterocycles. The average molecular weight is 232 g/mol. The van der Waals surface area contributed by atoms with Gasteiger partial charge in [0.1, 0.15) is 6.33 Å². The maximum absolute atomic E-state index is 4.25. The molecule has 18 heavy (non-hydrogen) atoms. The highest BCUT2D eigenvalue weighted by Gasteiger charge is 1.97. The molecule has 0 N–H and O–H groups in total. The van der Waals surface area contributed by atoms with Crippen molar-refractivity contribution in [2.75, 3.05) is 0 Å². The molecule has 1 heterocycles. The third kappa shape index (κ3) is 2.13. The van der Waals surface area contributed by atoms with Gasteiger partial charge in [0.25, 0.3) is 0 Å². The molecule has 86 valence electrons. The van der Waals surface area contributed by atoms with Gasteiger partial charge in [-0.25, -0.2) is 9.97 Å². The van der Waals surface area contributed by atoms with Crippen molar-refractivity contribution < 1.29 is 0 Å². The SMILES string of the molecule is C(=C\c1cccc2ncncc12)/c1ccccc1. The highest BCUT2D eigenvalue weighted by Crippen LogP contribution is 2.17. The van der Waals surface area contributed by atoms with Crippen LogP contribution in [-0.2, 0) is 0 Å². The molecule has 0 saturated carbocycles. The van der Waals surface area contributed by atoms with E-state index in [-0.39, 0.29) is 0 Å². The largest absolute Gasteiger partial charge is 0.244 e. The van der Waals surface area contributed by atoms with Crippen molar-refractivity contribution in [3.05, 3.63) is 72.2 Å². The topological polar surface area (TPSA) is 25.8 Å². The molecule has 0 radical (unpaired) electrons. The van der Waals surface area contributed by atoms with Crippen LogP contribution in [0.25, 0.3) is 23.1 Å². The Morgan fingerprint density at radius 1 is 0.833 bits per heavy atom. The highest BCUT2D eigenvalue weighted by molar-refractivity contribution is 5.89. The summed E-state index contributed by atoms with van der Waals surface area (Å²) in [5.74, 6) is 0. The number of aromatic nitrogens is 2. The molecule has 0 saturated heterocycles. The van der Waals surface area contributed by atoms with Crippen LogP contribution in [0.2, 0.25) is 0 Å². The summed E-state index contributed by atoms with van der Waals surface area (Å²) in [5.41, 5.74) is 3.29. The molecule has 0 spiro atoms. The van der Waals surface area contributed by atoms with Gasteiger partial charge >= 0.3 is 0 Å². The molecule has 0 fully saturated rings. The van der Waals surface area contributed by atoms with E-state index in [2.05, 4.69) is 40.3 Å². The Labute approximate surface area is 106 Å². The Kier molecular flexibility index (Phi) is 2.84. The molecule has 0 aliphatic heterocycles. The summed E-state index contributed by atoms with van der Waals surface area (Å²) in [6.07, 6.45) is 7.63. The summed E-state index contributed by atoms with van der Waals surface area (Å²) < 4.78 is 0. The quantitative estimate of drug-likeness (QED) is 0.628. The molecule has 0 aliphatic carbocycles. The minimum Gasteiger partial charge on any atom is -0.244 e. The van der Waals surface area contributed by atoms with E-state index in [0.717, 1.165) is 16.5 Å². The summed E-state index contributed by atoms with van der Waals surface area (Å²) in [7, 11) is 0. The molecule has 0 bridgehead atoms. The number of fused-ring (bicyclic) bond motifs is 1. The van der Waals surface area contributed by atoms with Crippen LogP contribution in [0.4, 0.5) is 0 Å². The molecular weight excluding hydrogens is 220 g/mol. The van der Waals surface area contributed by atoms with Crippen LogP contribution in [0.5, 0.6) is 0 Å². The van der Waals surface area contributed by atoms with Gasteiger partial charge in [0.05, 0.1) is 5.52 Å². The molecule has 2 aromatic carbocycles. The Balaban J connectivity index is 2.03. The van der Waals surface area contributed by atoms with Gasteiger partial charge in [0.15, 0.2) is 0 Å². The van der Waals surface area contributed by atoms with E-state index in [0.29, 0.717) is 0 Å². The van der Waals surface area contributed by atoms with Gasteiger partial charge in [-0.3, -0.25) is 0 Å². The molecule has 0 aliphatic rings. The molecule has 0 atom stereocenters. The van der Waals surface area contributed by atoms with E-state index in [1.807, 2.05) is 36.5 Å². The fourth-order valence-electron chi connectivity index (χ4n) is 1.92. The van der Waals surface area contributed by atoms with Crippen molar-refractivity contribution in [3.8, 4) is 0 Å². The second-order valence-electron chi connectivity index (χ2n) is 4.05. The van der Waals surface area contributed by atoms with Crippen LogP contribution in [-0.4, -0.2) is 9.97 Å². The molecule has 3 aromatic rings. The van der Waals surface area contributed by atoms with Crippen molar-refractivity contribution in [2.24, 2.45) is 0 Å². The van der Waals surface area contributed by atoms with E-state index >= 15 is 0 Å². The van der Waals surface area contributed by atoms with Crippen LogP contribution in [0.3, 0.4) is 0 Å². The lowest BCUT2D eigenvalue weighted by Gasteiger charge is -2.00. The maximum Gasteiger partial charge on any atom is 0.116 e. The van der Waals surface area contributed by atoms with Gasteiger partial charge < -0.3 is 0 Å². The second kappa shape index (κ2) is 4.80. The van der Waals surface area contributed by atoms with Crippen molar-refractivity contribution in [2.45, 2.75) is 0 Å². The number of rotatable bonds is 2. The maximum atomic E-state index is 4.25. The van der Waals surface area contributed by atoms with Crippen molar-refractivity contribution in [3.63, 3.8) is 0 Å². The molecule has 0 amide bonds. The lowest BCUT2D eigenvalue weighted by molar-refractivity contribution is 1.22. The zero-order valence-electron chi connectivity index (χ0n) is 9.82. The summed E-state index contributed by atoms with van der Waals surface area (Å²) >= 11 is 0. The summed E-state index contributed by atoms with van der Waals surface area (Å²) in [6.45, 7) is 0. The number of nitrogens with zero attached hydrogens (tertiary/aromatic N) is 2. The van der Waals surface area contributed by atoms with Crippen LogP contribution < -0.4 is 0 Å². The van der Waals surface area contributed by atoms with Crippen molar-refractivity contribution in [1.29, 1.82) is 0 Å². The minimum atomic E-state index is 0.972. The molecular formula is C16H12N2. The van der Waals surface area contributed by atoms with Crippen LogP contribution in [0.15, 0.2) is 61.1 Å². The molecule has 3 rings (SSSR count). The third-order valence-electron chi connectivity index (χ3n) is 2.84. The van der Waals surface area contributed by atoms with E-state index in [1.165, 1.54) is 5.56 Å². The summed E-state index contributed by atoms with van der Waals surface area (Å²) in [4.78, 5) is 8.34. The molecule has 2 heteroatoms. The Hall–Kier alpha value is -2.48. The highest BCUT2D eigenvalue weighted by atomic mass is 14.8. The Morgan fingerprint density at radius 2 is 1.72 bits per heavy atom. The predicted molar refractivity (Wildman–Crippen MR) is 74.9 cm³/mol. The van der Waals surface area contributed by atoms with Crippen LogP contribution in [0.1, 0.15) is 11.1 Å². The zero-order chi connectivity index (χ0) is 12.2. The van der Waals surface area contributed by atoms with Gasteiger partial charge in [-0.1, -0.05) is 54.6 Å². The second-order valence-corrected chi connectivity index (χ2v) is 4.05. The van der Waals surface area contributed by atoms with Gasteiger partial charge in [-0.15, -0.1) is 0 Å². The first-order valence-corrected chi connectivity index (χ1v) is 5.85. The average Bonchev–Trinajstić information content (AvgIpc) is 2.46. The van der Waals surface area contributed by atoms with Gasteiger partial charge in [-0.05, 0) is 17.2 Å². The molecule has 0 unspecified atom stereocenters. The van der Waals surface area contributed by atoms with Crippen LogP contribution in [0, 0.1) is 0 Å². The van der Waals surface area contributed by atoms with Gasteiger partial charge in [0, 0.05) is 11.6 Å². The lowest BCUT2D eigenvalue weighted by Crippen LogP contribution is -1.83. The summed E-state index contributed by atoms with van der Waals surface area (Å²) in [6, 6.07) is 16.3. The summed E-state index contributed by atoms with van der Waals surface area (Å²) in [5, 5.41) is 1.08. The fourth-order valence-corrected chi connectivity index (χ4v) is 1.92. The smallest absolute Gasteiger partial charge is 0.116 e. The van der Waals surface area contributed by atoms with E-state index in [1.54, 1.807) is 6.33 Å². The monoisotopic (exact) mass is 232 g/mol. The van der Waals surface area contributed by atoms with E-state index in [4.69, 9.17) is 0 Å². The zero-order valence-corrected chi connectivity index (χ0v) is 9.82. The Bertz CT molecular complexity index is 682. The number of benzene rings is 2. The number of hydrogen-bond acceptors (Lipinski definition) is 2. The van der Waals surface area contributed by atoms with Crippen molar-refractivity contribution >= 4 is 23.1 Å². The first kappa shape index (κ1) is 10.7.